The lowest BCUT2D eigenvalue weighted by Gasteiger charge is -2.26. The van der Waals surface area contributed by atoms with E-state index in [2.05, 4.69) is 21.6 Å². The van der Waals surface area contributed by atoms with Gasteiger partial charge in [-0.15, -0.1) is 0 Å². The third-order valence-corrected chi connectivity index (χ3v) is 5.42. The first-order valence-electron chi connectivity index (χ1n) is 9.75. The van der Waals surface area contributed by atoms with Crippen LogP contribution in [0.5, 0.6) is 0 Å². The molecule has 6 nitrogen and oxygen atoms in total. The Labute approximate surface area is 155 Å². The van der Waals surface area contributed by atoms with E-state index in [0.29, 0.717) is 6.42 Å². The second-order valence-electron chi connectivity index (χ2n) is 7.59. The molecule has 1 saturated heterocycles. The Bertz CT molecular complexity index is 642. The highest BCUT2D eigenvalue weighted by Gasteiger charge is 2.27. The van der Waals surface area contributed by atoms with Gasteiger partial charge in [0.2, 0.25) is 11.8 Å². The molecule has 4 N–H and O–H groups in total. The molecule has 142 valence electrons. The Morgan fingerprint density at radius 2 is 1.96 bits per heavy atom. The van der Waals surface area contributed by atoms with Gasteiger partial charge in [0.15, 0.2) is 0 Å². The summed E-state index contributed by atoms with van der Waals surface area (Å²) in [7, 11) is 0. The van der Waals surface area contributed by atoms with E-state index in [4.69, 9.17) is 5.73 Å². The van der Waals surface area contributed by atoms with Crippen LogP contribution in [0.2, 0.25) is 0 Å². The first-order chi connectivity index (χ1) is 12.5. The number of anilines is 2. The van der Waals surface area contributed by atoms with Crippen molar-refractivity contribution in [1.82, 2.24) is 5.32 Å². The maximum atomic E-state index is 12.5. The standard InChI is InChI=1S/C20H30N4O2/c1-14(22-20(26)15-6-4-7-16(21)12-15)19(25)23-17-8-5-9-18(13-17)24-10-2-3-11-24/h5,8-9,13-16H,2-4,6-7,10-12,21H2,1H3,(H,22,26)(H,23,25). The molecular weight excluding hydrogens is 328 g/mol. The predicted molar refractivity (Wildman–Crippen MR) is 104 cm³/mol. The molecule has 0 aromatic heterocycles. The summed E-state index contributed by atoms with van der Waals surface area (Å²) in [5.41, 5.74) is 7.85. The summed E-state index contributed by atoms with van der Waals surface area (Å²) in [5.74, 6) is -0.335. The molecule has 3 unspecified atom stereocenters. The average Bonchev–Trinajstić information content (AvgIpc) is 3.16. The van der Waals surface area contributed by atoms with Crippen LogP contribution in [-0.2, 0) is 9.59 Å². The van der Waals surface area contributed by atoms with Crippen LogP contribution in [0.15, 0.2) is 24.3 Å². The van der Waals surface area contributed by atoms with E-state index in [0.717, 1.165) is 43.7 Å². The summed E-state index contributed by atoms with van der Waals surface area (Å²) in [6.45, 7) is 3.85. The Morgan fingerprint density at radius 3 is 2.69 bits per heavy atom. The second kappa shape index (κ2) is 8.54. The molecule has 1 aliphatic carbocycles. The summed E-state index contributed by atoms with van der Waals surface area (Å²) < 4.78 is 0. The maximum absolute atomic E-state index is 12.5. The Hall–Kier alpha value is -2.08. The molecular formula is C20H30N4O2. The highest BCUT2D eigenvalue weighted by molar-refractivity contribution is 5.97. The van der Waals surface area contributed by atoms with Crippen molar-refractivity contribution >= 4 is 23.2 Å². The van der Waals surface area contributed by atoms with Crippen LogP contribution in [0.4, 0.5) is 11.4 Å². The summed E-state index contributed by atoms with van der Waals surface area (Å²) in [6, 6.07) is 7.42. The highest BCUT2D eigenvalue weighted by Crippen LogP contribution is 2.24. The summed E-state index contributed by atoms with van der Waals surface area (Å²) >= 11 is 0. The zero-order valence-corrected chi connectivity index (χ0v) is 15.5. The molecule has 2 aliphatic rings. The van der Waals surface area contributed by atoms with Gasteiger partial charge >= 0.3 is 0 Å². The Morgan fingerprint density at radius 1 is 1.19 bits per heavy atom. The Kier molecular flexibility index (Phi) is 6.14. The lowest BCUT2D eigenvalue weighted by molar-refractivity contribution is -0.129. The maximum Gasteiger partial charge on any atom is 0.246 e. The number of nitrogens with one attached hydrogen (secondary N) is 2. The zero-order valence-electron chi connectivity index (χ0n) is 15.5. The van der Waals surface area contributed by atoms with Gasteiger partial charge in [0.05, 0.1) is 0 Å². The molecule has 1 aromatic carbocycles. The van der Waals surface area contributed by atoms with Crippen molar-refractivity contribution in [2.75, 3.05) is 23.3 Å². The zero-order chi connectivity index (χ0) is 18.5. The lowest BCUT2D eigenvalue weighted by Crippen LogP contribution is -2.46. The number of carbonyl (C=O) groups is 2. The van der Waals surface area contributed by atoms with Crippen LogP contribution in [-0.4, -0.2) is 37.0 Å². The van der Waals surface area contributed by atoms with E-state index in [9.17, 15) is 9.59 Å². The van der Waals surface area contributed by atoms with Crippen molar-refractivity contribution < 1.29 is 9.59 Å². The fourth-order valence-electron chi connectivity index (χ4n) is 3.87. The van der Waals surface area contributed by atoms with E-state index < -0.39 is 6.04 Å². The second-order valence-corrected chi connectivity index (χ2v) is 7.59. The van der Waals surface area contributed by atoms with Gasteiger partial charge in [0, 0.05) is 36.4 Å². The molecule has 0 bridgehead atoms. The van der Waals surface area contributed by atoms with Crippen LogP contribution in [0.1, 0.15) is 45.4 Å². The van der Waals surface area contributed by atoms with Gasteiger partial charge in [0.1, 0.15) is 6.04 Å². The van der Waals surface area contributed by atoms with E-state index in [1.165, 1.54) is 12.8 Å². The fraction of sp³-hybridized carbons (Fsp3) is 0.600. The van der Waals surface area contributed by atoms with Crippen LogP contribution < -0.4 is 21.3 Å². The molecule has 3 rings (SSSR count). The molecule has 26 heavy (non-hydrogen) atoms. The number of rotatable bonds is 5. The average molecular weight is 358 g/mol. The molecule has 3 atom stereocenters. The fourth-order valence-corrected chi connectivity index (χ4v) is 3.87. The molecule has 1 heterocycles. The SMILES string of the molecule is CC(NC(=O)C1CCCC(N)C1)C(=O)Nc1cccc(N2CCCC2)c1. The minimum Gasteiger partial charge on any atom is -0.371 e. The van der Waals surface area contributed by atoms with E-state index >= 15 is 0 Å². The number of nitrogens with two attached hydrogens (primary N) is 1. The first-order valence-corrected chi connectivity index (χ1v) is 9.75. The van der Waals surface area contributed by atoms with Gasteiger partial charge in [0.25, 0.3) is 0 Å². The van der Waals surface area contributed by atoms with Crippen LogP contribution in [0.25, 0.3) is 0 Å². The van der Waals surface area contributed by atoms with Gasteiger partial charge in [-0.3, -0.25) is 9.59 Å². The largest absolute Gasteiger partial charge is 0.371 e. The number of amides is 2. The summed E-state index contributed by atoms with van der Waals surface area (Å²) in [6.07, 6.45) is 5.94. The minimum atomic E-state index is -0.573. The normalized spacial score (nSPS) is 24.2. The Balaban J connectivity index is 1.53. The van der Waals surface area contributed by atoms with Crippen molar-refractivity contribution in [3.8, 4) is 0 Å². The van der Waals surface area contributed by atoms with Crippen LogP contribution in [0.3, 0.4) is 0 Å². The van der Waals surface area contributed by atoms with Crippen molar-refractivity contribution in [1.29, 1.82) is 0 Å². The van der Waals surface area contributed by atoms with Crippen molar-refractivity contribution in [3.05, 3.63) is 24.3 Å². The van der Waals surface area contributed by atoms with Gasteiger partial charge in [-0.2, -0.15) is 0 Å². The molecule has 6 heteroatoms. The molecule has 2 fully saturated rings. The number of hydrogen-bond acceptors (Lipinski definition) is 4. The van der Waals surface area contributed by atoms with Gasteiger partial charge < -0.3 is 21.3 Å². The number of hydrogen-bond donors (Lipinski definition) is 3. The number of nitrogens with zero attached hydrogens (tertiary/aromatic N) is 1. The summed E-state index contributed by atoms with van der Waals surface area (Å²) in [4.78, 5) is 27.2. The molecule has 0 spiro atoms. The highest BCUT2D eigenvalue weighted by atomic mass is 16.2. The van der Waals surface area contributed by atoms with Gasteiger partial charge in [-0.1, -0.05) is 12.5 Å². The quantitative estimate of drug-likeness (QED) is 0.753. The van der Waals surface area contributed by atoms with E-state index in [1.54, 1.807) is 6.92 Å². The lowest BCUT2D eigenvalue weighted by atomic mass is 9.85. The van der Waals surface area contributed by atoms with Crippen molar-refractivity contribution in [3.63, 3.8) is 0 Å². The third kappa shape index (κ3) is 4.75. The molecule has 1 aromatic rings. The molecule has 1 saturated carbocycles. The first kappa shape index (κ1) is 18.7. The third-order valence-electron chi connectivity index (χ3n) is 5.42. The summed E-state index contributed by atoms with van der Waals surface area (Å²) in [5, 5.41) is 5.76. The van der Waals surface area contributed by atoms with Gasteiger partial charge in [-0.25, -0.2) is 0 Å². The van der Waals surface area contributed by atoms with E-state index in [1.807, 2.05) is 18.2 Å². The van der Waals surface area contributed by atoms with Crippen LogP contribution >= 0.6 is 0 Å². The number of benzene rings is 1. The van der Waals surface area contributed by atoms with Crippen molar-refractivity contribution in [2.24, 2.45) is 11.7 Å². The van der Waals surface area contributed by atoms with Crippen molar-refractivity contribution in [2.45, 2.75) is 57.5 Å². The number of carbonyl (C=O) groups excluding carboxylic acids is 2. The van der Waals surface area contributed by atoms with E-state index in [-0.39, 0.29) is 23.8 Å². The predicted octanol–water partition coefficient (Wildman–Crippen LogP) is 2.25. The monoisotopic (exact) mass is 358 g/mol. The van der Waals surface area contributed by atoms with Gasteiger partial charge in [-0.05, 0) is 57.2 Å². The molecule has 0 radical (unpaired) electrons. The topological polar surface area (TPSA) is 87.5 Å². The minimum absolute atomic E-state index is 0.0615. The molecule has 2 amide bonds. The smallest absolute Gasteiger partial charge is 0.246 e. The molecule has 1 aliphatic heterocycles. The van der Waals surface area contributed by atoms with Crippen LogP contribution in [0, 0.1) is 5.92 Å².